The van der Waals surface area contributed by atoms with Gasteiger partial charge in [0.05, 0.1) is 5.60 Å². The minimum Gasteiger partial charge on any atom is -0.388 e. The van der Waals surface area contributed by atoms with Crippen molar-refractivity contribution in [3.05, 3.63) is 30.3 Å². The van der Waals surface area contributed by atoms with E-state index in [4.69, 9.17) is 4.74 Å². The average molecular weight is 291 g/mol. The van der Waals surface area contributed by atoms with Crippen LogP contribution < -0.4 is 4.90 Å². The number of rotatable bonds is 3. The Hall–Kier alpha value is -1.79. The smallest absolute Gasteiger partial charge is 0.149 e. The number of aliphatic hydroxyl groups is 1. The topological polar surface area (TPSA) is 58.5 Å². The van der Waals surface area contributed by atoms with Gasteiger partial charge in [-0.3, -0.25) is 0 Å². The third-order valence-corrected chi connectivity index (χ3v) is 3.91. The molecule has 0 saturated carbocycles. The number of hydrogen-bond acceptors (Lipinski definition) is 5. The molecule has 21 heavy (non-hydrogen) atoms. The van der Waals surface area contributed by atoms with Crippen molar-refractivity contribution in [2.24, 2.45) is 0 Å². The van der Waals surface area contributed by atoms with E-state index in [1.807, 2.05) is 11.9 Å². The normalized spacial score (nSPS) is 17.9. The molecular formula is C15H18FN3O2. The van der Waals surface area contributed by atoms with Crippen LogP contribution >= 0.6 is 0 Å². The van der Waals surface area contributed by atoms with E-state index in [1.54, 1.807) is 12.1 Å². The second-order valence-corrected chi connectivity index (χ2v) is 5.53. The number of hydrogen-bond donors (Lipinski definition) is 1. The standard InChI is InChI=1S/C15H18FN3O2/c1-19(9-15(20)5-7-21-8-6-15)14-11-3-2-4-12(16)13(11)17-10-18-14/h2-4,10,20H,5-9H2,1H3. The van der Waals surface area contributed by atoms with Crippen LogP contribution in [0.1, 0.15) is 12.8 Å². The molecule has 0 atom stereocenters. The molecule has 1 saturated heterocycles. The molecule has 1 N–H and O–H groups in total. The Labute approximate surface area is 122 Å². The van der Waals surface area contributed by atoms with Gasteiger partial charge in [-0.1, -0.05) is 6.07 Å². The second kappa shape index (κ2) is 5.54. The fourth-order valence-electron chi connectivity index (χ4n) is 2.77. The van der Waals surface area contributed by atoms with Crippen LogP contribution in [0.3, 0.4) is 0 Å². The Kier molecular flexibility index (Phi) is 3.73. The highest BCUT2D eigenvalue weighted by molar-refractivity contribution is 5.89. The summed E-state index contributed by atoms with van der Waals surface area (Å²) in [6, 6.07) is 4.81. The minimum atomic E-state index is -0.794. The molecule has 0 unspecified atom stereocenters. The molecule has 0 aliphatic carbocycles. The van der Waals surface area contributed by atoms with Crippen molar-refractivity contribution >= 4 is 16.7 Å². The summed E-state index contributed by atoms with van der Waals surface area (Å²) in [5.41, 5.74) is -0.495. The SMILES string of the molecule is CN(CC1(O)CCOCC1)c1ncnc2c(F)cccc12. The van der Waals surface area contributed by atoms with Gasteiger partial charge in [0, 0.05) is 45.0 Å². The zero-order valence-corrected chi connectivity index (χ0v) is 11.9. The number of anilines is 1. The molecule has 5 nitrogen and oxygen atoms in total. The number of fused-ring (bicyclic) bond motifs is 1. The monoisotopic (exact) mass is 291 g/mol. The molecule has 112 valence electrons. The van der Waals surface area contributed by atoms with Crippen molar-refractivity contribution in [2.75, 3.05) is 31.7 Å². The minimum absolute atomic E-state index is 0.299. The lowest BCUT2D eigenvalue weighted by molar-refractivity contribution is -0.0573. The molecule has 0 radical (unpaired) electrons. The summed E-state index contributed by atoms with van der Waals surface area (Å²) in [6.07, 6.45) is 2.54. The van der Waals surface area contributed by atoms with Crippen LogP contribution in [0.2, 0.25) is 0 Å². The maximum atomic E-state index is 13.8. The molecular weight excluding hydrogens is 273 g/mol. The van der Waals surface area contributed by atoms with E-state index in [0.717, 1.165) is 0 Å². The van der Waals surface area contributed by atoms with Crippen LogP contribution in [0.15, 0.2) is 24.5 Å². The molecule has 0 bridgehead atoms. The van der Waals surface area contributed by atoms with Gasteiger partial charge in [-0.2, -0.15) is 0 Å². The number of para-hydroxylation sites is 1. The predicted octanol–water partition coefficient (Wildman–Crippen LogP) is 1.75. The summed E-state index contributed by atoms with van der Waals surface area (Å²) in [5, 5.41) is 11.2. The first-order chi connectivity index (χ1) is 10.1. The maximum absolute atomic E-state index is 13.8. The van der Waals surface area contributed by atoms with Crippen molar-refractivity contribution in [1.82, 2.24) is 9.97 Å². The number of ether oxygens (including phenoxy) is 1. The van der Waals surface area contributed by atoms with Crippen molar-refractivity contribution in [1.29, 1.82) is 0 Å². The third-order valence-electron chi connectivity index (χ3n) is 3.91. The summed E-state index contributed by atoms with van der Waals surface area (Å²) in [5.74, 6) is 0.258. The molecule has 0 amide bonds. The molecule has 3 rings (SSSR count). The van der Waals surface area contributed by atoms with Crippen molar-refractivity contribution in [3.63, 3.8) is 0 Å². The highest BCUT2D eigenvalue weighted by Gasteiger charge is 2.31. The molecule has 1 aliphatic rings. The summed E-state index contributed by atoms with van der Waals surface area (Å²) < 4.78 is 19.1. The first kappa shape index (κ1) is 14.2. The van der Waals surface area contributed by atoms with Gasteiger partial charge in [-0.25, -0.2) is 14.4 Å². The van der Waals surface area contributed by atoms with Crippen LogP contribution in [-0.4, -0.2) is 47.5 Å². The van der Waals surface area contributed by atoms with Crippen LogP contribution in [0.4, 0.5) is 10.2 Å². The molecule has 1 aliphatic heterocycles. The van der Waals surface area contributed by atoms with E-state index in [2.05, 4.69) is 9.97 Å². The Morgan fingerprint density at radius 2 is 2.10 bits per heavy atom. The summed E-state index contributed by atoms with van der Waals surface area (Å²) in [7, 11) is 1.85. The zero-order valence-electron chi connectivity index (χ0n) is 11.9. The molecule has 1 aromatic heterocycles. The number of aromatic nitrogens is 2. The van der Waals surface area contributed by atoms with Crippen LogP contribution in [0, 0.1) is 5.82 Å². The summed E-state index contributed by atoms with van der Waals surface area (Å²) in [6.45, 7) is 1.55. The number of benzene rings is 1. The van der Waals surface area contributed by atoms with E-state index in [1.165, 1.54) is 12.4 Å². The van der Waals surface area contributed by atoms with Gasteiger partial charge >= 0.3 is 0 Å². The van der Waals surface area contributed by atoms with Gasteiger partial charge in [0.15, 0.2) is 0 Å². The first-order valence-corrected chi connectivity index (χ1v) is 7.00. The lowest BCUT2D eigenvalue weighted by Crippen LogP contribution is -2.46. The van der Waals surface area contributed by atoms with Crippen molar-refractivity contribution in [2.45, 2.75) is 18.4 Å². The molecule has 0 spiro atoms. The van der Waals surface area contributed by atoms with Gasteiger partial charge < -0.3 is 14.7 Å². The molecule has 2 aromatic rings. The van der Waals surface area contributed by atoms with E-state index in [-0.39, 0.29) is 5.82 Å². The molecule has 1 aromatic carbocycles. The van der Waals surface area contributed by atoms with Gasteiger partial charge in [-0.15, -0.1) is 0 Å². The average Bonchev–Trinajstić information content (AvgIpc) is 2.47. The second-order valence-electron chi connectivity index (χ2n) is 5.53. The summed E-state index contributed by atoms with van der Waals surface area (Å²) in [4.78, 5) is 10.1. The predicted molar refractivity (Wildman–Crippen MR) is 77.8 cm³/mol. The van der Waals surface area contributed by atoms with Crippen LogP contribution in [0.5, 0.6) is 0 Å². The van der Waals surface area contributed by atoms with Gasteiger partial charge in [-0.05, 0) is 12.1 Å². The van der Waals surface area contributed by atoms with Gasteiger partial charge in [0.25, 0.3) is 0 Å². The Morgan fingerprint density at radius 1 is 1.33 bits per heavy atom. The van der Waals surface area contributed by atoms with E-state index in [0.29, 0.717) is 49.3 Å². The Bertz CT molecular complexity index is 644. The van der Waals surface area contributed by atoms with Crippen LogP contribution in [0.25, 0.3) is 10.9 Å². The number of halogens is 1. The fourth-order valence-corrected chi connectivity index (χ4v) is 2.77. The van der Waals surface area contributed by atoms with Gasteiger partial charge in [0.2, 0.25) is 0 Å². The molecule has 1 fully saturated rings. The number of likely N-dealkylation sites (N-methyl/N-ethyl adjacent to an activating group) is 1. The van der Waals surface area contributed by atoms with Crippen LogP contribution in [-0.2, 0) is 4.74 Å². The fraction of sp³-hybridized carbons (Fsp3) is 0.467. The Morgan fingerprint density at radius 3 is 2.86 bits per heavy atom. The van der Waals surface area contributed by atoms with Crippen molar-refractivity contribution < 1.29 is 14.2 Å². The van der Waals surface area contributed by atoms with Gasteiger partial charge in [0.1, 0.15) is 23.5 Å². The maximum Gasteiger partial charge on any atom is 0.149 e. The molecule has 2 heterocycles. The number of nitrogens with zero attached hydrogens (tertiary/aromatic N) is 3. The Balaban J connectivity index is 1.91. The van der Waals surface area contributed by atoms with E-state index < -0.39 is 5.60 Å². The largest absolute Gasteiger partial charge is 0.388 e. The lowest BCUT2D eigenvalue weighted by Gasteiger charge is -2.36. The third kappa shape index (κ3) is 2.82. The zero-order chi connectivity index (χ0) is 14.9. The quantitative estimate of drug-likeness (QED) is 0.933. The first-order valence-electron chi connectivity index (χ1n) is 7.00. The highest BCUT2D eigenvalue weighted by atomic mass is 19.1. The highest BCUT2D eigenvalue weighted by Crippen LogP contribution is 2.27. The summed E-state index contributed by atoms with van der Waals surface area (Å²) >= 11 is 0. The van der Waals surface area contributed by atoms with E-state index >= 15 is 0 Å². The van der Waals surface area contributed by atoms with E-state index in [9.17, 15) is 9.50 Å². The lowest BCUT2D eigenvalue weighted by atomic mass is 9.94. The molecule has 6 heteroatoms. The van der Waals surface area contributed by atoms with Crippen molar-refractivity contribution in [3.8, 4) is 0 Å².